The Labute approximate surface area is 116 Å². The lowest BCUT2D eigenvalue weighted by Crippen LogP contribution is -2.01. The first-order valence-electron chi connectivity index (χ1n) is 5.80. The SMILES string of the molecule is CCc1ccc(S(=O)(=O)Cc2cc(COC)no2)s1. The second-order valence-corrected chi connectivity index (χ2v) is 7.44. The number of methoxy groups -OCH3 is 1. The van der Waals surface area contributed by atoms with Crippen molar-refractivity contribution in [3.05, 3.63) is 34.5 Å². The summed E-state index contributed by atoms with van der Waals surface area (Å²) in [6, 6.07) is 5.09. The van der Waals surface area contributed by atoms with Crippen LogP contribution in [0.15, 0.2) is 26.9 Å². The van der Waals surface area contributed by atoms with Gasteiger partial charge in [0, 0.05) is 18.1 Å². The standard InChI is InChI=1S/C12H15NO4S2/c1-3-11-4-5-12(18-11)19(14,15)8-10-6-9(7-16-2)13-17-10/h4-6H,3,7-8H2,1-2H3. The van der Waals surface area contributed by atoms with Crippen molar-refractivity contribution in [3.63, 3.8) is 0 Å². The molecule has 0 amide bonds. The summed E-state index contributed by atoms with van der Waals surface area (Å²) >= 11 is 1.30. The summed E-state index contributed by atoms with van der Waals surface area (Å²) in [6.07, 6.45) is 0.834. The molecule has 0 saturated carbocycles. The third-order valence-corrected chi connectivity index (χ3v) is 5.97. The van der Waals surface area contributed by atoms with Gasteiger partial charge in [0.25, 0.3) is 0 Å². The Hall–Kier alpha value is -1.18. The van der Waals surface area contributed by atoms with Gasteiger partial charge in [0.15, 0.2) is 15.6 Å². The number of nitrogens with zero attached hydrogens (tertiary/aromatic N) is 1. The summed E-state index contributed by atoms with van der Waals surface area (Å²) in [7, 11) is -1.82. The highest BCUT2D eigenvalue weighted by Crippen LogP contribution is 2.25. The molecule has 0 bridgehead atoms. The normalized spacial score (nSPS) is 11.9. The molecule has 0 aliphatic carbocycles. The zero-order valence-corrected chi connectivity index (χ0v) is 12.4. The molecule has 7 heteroatoms. The fraction of sp³-hybridized carbons (Fsp3) is 0.417. The molecule has 0 fully saturated rings. The predicted octanol–water partition coefficient (Wildman–Crippen LogP) is 2.42. The molecule has 104 valence electrons. The van der Waals surface area contributed by atoms with E-state index >= 15 is 0 Å². The molecular weight excluding hydrogens is 286 g/mol. The maximum absolute atomic E-state index is 12.2. The lowest BCUT2D eigenvalue weighted by molar-refractivity contribution is 0.177. The van der Waals surface area contributed by atoms with Crippen LogP contribution in [0, 0.1) is 0 Å². The molecule has 0 aromatic carbocycles. The third kappa shape index (κ3) is 3.43. The highest BCUT2D eigenvalue weighted by molar-refractivity contribution is 7.92. The molecule has 0 aliphatic rings. The van der Waals surface area contributed by atoms with Crippen LogP contribution in [0.1, 0.15) is 23.3 Å². The average molecular weight is 301 g/mol. The van der Waals surface area contributed by atoms with Gasteiger partial charge in [-0.25, -0.2) is 8.42 Å². The maximum atomic E-state index is 12.2. The van der Waals surface area contributed by atoms with E-state index in [1.807, 2.05) is 13.0 Å². The molecular formula is C12H15NO4S2. The quantitative estimate of drug-likeness (QED) is 0.819. The summed E-state index contributed by atoms with van der Waals surface area (Å²) < 4.78 is 34.7. The van der Waals surface area contributed by atoms with Crippen LogP contribution in [0.5, 0.6) is 0 Å². The van der Waals surface area contributed by atoms with Crippen molar-refractivity contribution in [2.24, 2.45) is 0 Å². The molecule has 2 aromatic rings. The average Bonchev–Trinajstić information content (AvgIpc) is 2.98. The van der Waals surface area contributed by atoms with Gasteiger partial charge in [-0.3, -0.25) is 0 Å². The number of sulfone groups is 1. The van der Waals surface area contributed by atoms with Crippen molar-refractivity contribution in [2.75, 3.05) is 7.11 Å². The van der Waals surface area contributed by atoms with Crippen molar-refractivity contribution in [3.8, 4) is 0 Å². The molecule has 0 unspecified atom stereocenters. The van der Waals surface area contributed by atoms with E-state index < -0.39 is 9.84 Å². The van der Waals surface area contributed by atoms with E-state index in [4.69, 9.17) is 9.26 Å². The van der Waals surface area contributed by atoms with Crippen molar-refractivity contribution < 1.29 is 17.7 Å². The number of thiophene rings is 1. The largest absolute Gasteiger partial charge is 0.378 e. The Morgan fingerprint density at radius 3 is 2.84 bits per heavy atom. The number of hydrogen-bond donors (Lipinski definition) is 0. The van der Waals surface area contributed by atoms with Crippen LogP contribution in [-0.2, 0) is 33.4 Å². The van der Waals surface area contributed by atoms with Gasteiger partial charge in [-0.1, -0.05) is 12.1 Å². The van der Waals surface area contributed by atoms with Crippen LogP contribution in [0.4, 0.5) is 0 Å². The molecule has 0 atom stereocenters. The minimum absolute atomic E-state index is 0.173. The molecule has 19 heavy (non-hydrogen) atoms. The highest BCUT2D eigenvalue weighted by atomic mass is 32.2. The van der Waals surface area contributed by atoms with E-state index in [0.29, 0.717) is 22.3 Å². The van der Waals surface area contributed by atoms with Gasteiger partial charge in [-0.05, 0) is 18.6 Å². The summed E-state index contributed by atoms with van der Waals surface area (Å²) in [5.74, 6) is 0.159. The maximum Gasteiger partial charge on any atom is 0.195 e. The van der Waals surface area contributed by atoms with E-state index in [0.717, 1.165) is 11.3 Å². The van der Waals surface area contributed by atoms with E-state index in [1.165, 1.54) is 11.3 Å². The molecule has 0 N–H and O–H groups in total. The number of ether oxygens (including phenoxy) is 1. The van der Waals surface area contributed by atoms with Crippen LogP contribution < -0.4 is 0 Å². The molecule has 0 aliphatic heterocycles. The van der Waals surface area contributed by atoms with Gasteiger partial charge < -0.3 is 9.26 Å². The van der Waals surface area contributed by atoms with E-state index in [-0.39, 0.29) is 5.75 Å². The van der Waals surface area contributed by atoms with Crippen molar-refractivity contribution in [1.29, 1.82) is 0 Å². The van der Waals surface area contributed by atoms with E-state index in [9.17, 15) is 8.42 Å². The number of aromatic nitrogens is 1. The van der Waals surface area contributed by atoms with Crippen LogP contribution in [0.3, 0.4) is 0 Å². The lowest BCUT2D eigenvalue weighted by atomic mass is 10.4. The summed E-state index contributed by atoms with van der Waals surface area (Å²) in [5.41, 5.74) is 0.591. The number of hydrogen-bond acceptors (Lipinski definition) is 6. The smallest absolute Gasteiger partial charge is 0.195 e. The Morgan fingerprint density at radius 1 is 1.42 bits per heavy atom. The second kappa shape index (κ2) is 5.85. The molecule has 2 heterocycles. The highest BCUT2D eigenvalue weighted by Gasteiger charge is 2.20. The fourth-order valence-corrected chi connectivity index (χ4v) is 4.22. The minimum Gasteiger partial charge on any atom is -0.378 e. The summed E-state index contributed by atoms with van der Waals surface area (Å²) in [6.45, 7) is 2.30. The van der Waals surface area contributed by atoms with Crippen LogP contribution in [0.2, 0.25) is 0 Å². The first-order chi connectivity index (χ1) is 9.05. The summed E-state index contributed by atoms with van der Waals surface area (Å²) in [4.78, 5) is 1.05. The van der Waals surface area contributed by atoms with Gasteiger partial charge in [0.1, 0.15) is 15.7 Å². The zero-order valence-electron chi connectivity index (χ0n) is 10.8. The number of rotatable bonds is 6. The Kier molecular flexibility index (Phi) is 4.38. The predicted molar refractivity (Wildman–Crippen MR) is 71.8 cm³/mol. The Morgan fingerprint density at radius 2 is 2.21 bits per heavy atom. The lowest BCUT2D eigenvalue weighted by Gasteiger charge is -1.97. The van der Waals surface area contributed by atoms with Crippen molar-refractivity contribution >= 4 is 21.2 Å². The Balaban J connectivity index is 2.15. The first-order valence-corrected chi connectivity index (χ1v) is 8.27. The molecule has 2 rings (SSSR count). The van der Waals surface area contributed by atoms with Gasteiger partial charge in [-0.2, -0.15) is 0 Å². The van der Waals surface area contributed by atoms with Crippen molar-refractivity contribution in [1.82, 2.24) is 5.16 Å². The monoisotopic (exact) mass is 301 g/mol. The summed E-state index contributed by atoms with van der Waals surface area (Å²) in [5, 5.41) is 3.74. The van der Waals surface area contributed by atoms with Crippen LogP contribution in [0.25, 0.3) is 0 Å². The first kappa shape index (κ1) is 14.2. The third-order valence-electron chi connectivity index (χ3n) is 2.52. The van der Waals surface area contributed by atoms with Gasteiger partial charge in [0.05, 0.1) is 6.61 Å². The molecule has 2 aromatic heterocycles. The molecule has 5 nitrogen and oxygen atoms in total. The Bertz CT molecular complexity index is 642. The zero-order chi connectivity index (χ0) is 13.9. The van der Waals surface area contributed by atoms with Gasteiger partial charge >= 0.3 is 0 Å². The molecule has 0 radical (unpaired) electrons. The van der Waals surface area contributed by atoms with Crippen LogP contribution in [-0.4, -0.2) is 20.7 Å². The van der Waals surface area contributed by atoms with Crippen molar-refractivity contribution in [2.45, 2.75) is 29.9 Å². The minimum atomic E-state index is -3.36. The van der Waals surface area contributed by atoms with Crippen LogP contribution >= 0.6 is 11.3 Å². The second-order valence-electron chi connectivity index (χ2n) is 4.05. The topological polar surface area (TPSA) is 69.4 Å². The van der Waals surface area contributed by atoms with E-state index in [1.54, 1.807) is 19.2 Å². The number of aryl methyl sites for hydroxylation is 1. The fourth-order valence-electron chi connectivity index (χ4n) is 1.61. The van der Waals surface area contributed by atoms with Gasteiger partial charge in [-0.15, -0.1) is 11.3 Å². The van der Waals surface area contributed by atoms with E-state index in [2.05, 4.69) is 5.16 Å². The molecule has 0 saturated heterocycles. The van der Waals surface area contributed by atoms with Gasteiger partial charge in [0.2, 0.25) is 0 Å². The molecule has 0 spiro atoms.